The van der Waals surface area contributed by atoms with Crippen LogP contribution >= 0.6 is 12.2 Å². The molecule has 0 bridgehead atoms. The first kappa shape index (κ1) is 20.1. The van der Waals surface area contributed by atoms with E-state index in [0.717, 1.165) is 71.9 Å². The van der Waals surface area contributed by atoms with E-state index in [4.69, 9.17) is 17.0 Å². The van der Waals surface area contributed by atoms with Gasteiger partial charge < -0.3 is 19.6 Å². The molecule has 1 aliphatic rings. The van der Waals surface area contributed by atoms with Gasteiger partial charge in [0.05, 0.1) is 29.8 Å². The van der Waals surface area contributed by atoms with Crippen LogP contribution in [0.4, 0.5) is 5.82 Å². The number of anilines is 1. The molecule has 1 saturated heterocycles. The van der Waals surface area contributed by atoms with Crippen LogP contribution in [0.25, 0.3) is 21.9 Å². The second-order valence-corrected chi connectivity index (χ2v) is 8.18. The zero-order chi connectivity index (χ0) is 21.2. The largest absolute Gasteiger partial charge is 0.379 e. The average molecular weight is 435 g/mol. The molecule has 2 N–H and O–H groups in total. The number of H-pyrrole nitrogens is 1. The molecule has 7 nitrogen and oxygen atoms in total. The van der Waals surface area contributed by atoms with Crippen molar-refractivity contribution in [2.75, 3.05) is 31.6 Å². The number of aromatic amines is 1. The number of benzene rings is 2. The minimum atomic E-state index is 0.705. The van der Waals surface area contributed by atoms with Gasteiger partial charge in [-0.05, 0) is 42.4 Å². The lowest BCUT2D eigenvalue weighted by atomic mass is 10.1. The molecule has 0 atom stereocenters. The van der Waals surface area contributed by atoms with Gasteiger partial charge in [-0.25, -0.2) is 9.97 Å². The molecular formula is C23H26N6OS. The Labute approximate surface area is 186 Å². The van der Waals surface area contributed by atoms with Gasteiger partial charge in [-0.15, -0.1) is 0 Å². The van der Waals surface area contributed by atoms with Gasteiger partial charge >= 0.3 is 0 Å². The molecule has 3 heterocycles. The summed E-state index contributed by atoms with van der Waals surface area (Å²) in [6.07, 6.45) is 1.62. The second kappa shape index (κ2) is 8.74. The quantitative estimate of drug-likeness (QED) is 0.445. The van der Waals surface area contributed by atoms with Crippen LogP contribution in [0.2, 0.25) is 0 Å². The molecule has 31 heavy (non-hydrogen) atoms. The first-order valence-corrected chi connectivity index (χ1v) is 11.1. The summed E-state index contributed by atoms with van der Waals surface area (Å²) in [6, 6.07) is 12.8. The van der Waals surface area contributed by atoms with E-state index in [9.17, 15) is 0 Å². The molecule has 1 aliphatic heterocycles. The molecule has 8 heteroatoms. The highest BCUT2D eigenvalue weighted by Crippen LogP contribution is 2.26. The fourth-order valence-electron chi connectivity index (χ4n) is 4.23. The Hall–Kier alpha value is -2.81. The normalized spacial score (nSPS) is 15.0. The molecule has 0 spiro atoms. The Kier molecular flexibility index (Phi) is 5.67. The number of aryl methyl sites for hydroxylation is 1. The van der Waals surface area contributed by atoms with Crippen molar-refractivity contribution >= 4 is 40.0 Å². The van der Waals surface area contributed by atoms with Crippen molar-refractivity contribution in [3.8, 4) is 0 Å². The Morgan fingerprint density at radius 1 is 1.13 bits per heavy atom. The highest BCUT2D eigenvalue weighted by molar-refractivity contribution is 7.71. The van der Waals surface area contributed by atoms with Crippen LogP contribution in [0, 0.1) is 4.77 Å². The van der Waals surface area contributed by atoms with Crippen LogP contribution in [0.5, 0.6) is 0 Å². The number of ether oxygens (including phenoxy) is 1. The minimum absolute atomic E-state index is 0.705. The molecule has 2 aromatic heterocycles. The number of hydrogen-bond donors (Lipinski definition) is 2. The Morgan fingerprint density at radius 3 is 2.74 bits per heavy atom. The van der Waals surface area contributed by atoms with Gasteiger partial charge in [0.1, 0.15) is 12.1 Å². The number of hydrogen-bond acceptors (Lipinski definition) is 6. The summed E-state index contributed by atoms with van der Waals surface area (Å²) >= 11 is 5.46. The zero-order valence-corrected chi connectivity index (χ0v) is 18.4. The van der Waals surface area contributed by atoms with Crippen LogP contribution in [-0.4, -0.2) is 50.7 Å². The standard InChI is InChI=1S/C23H26N6OS/c1-2-29-21-12-19-18(11-20(21)27-23(29)31)22(26-15-25-19)24-13-16-5-3-4-6-17(16)14-28-7-9-30-10-8-28/h3-6,11-12,15H,2,7-10,13-14H2,1H3,(H,27,31)(H,24,25,26). The number of imidazole rings is 1. The van der Waals surface area contributed by atoms with Gasteiger partial charge in [-0.2, -0.15) is 0 Å². The third kappa shape index (κ3) is 4.06. The summed E-state index contributed by atoms with van der Waals surface area (Å²) < 4.78 is 8.30. The highest BCUT2D eigenvalue weighted by Gasteiger charge is 2.14. The molecule has 4 aromatic rings. The topological polar surface area (TPSA) is 71.0 Å². The lowest BCUT2D eigenvalue weighted by molar-refractivity contribution is 0.0341. The van der Waals surface area contributed by atoms with Crippen LogP contribution < -0.4 is 5.32 Å². The number of nitrogens with one attached hydrogen (secondary N) is 2. The summed E-state index contributed by atoms with van der Waals surface area (Å²) in [7, 11) is 0. The third-order valence-corrected chi connectivity index (χ3v) is 6.23. The van der Waals surface area contributed by atoms with E-state index in [1.807, 2.05) is 0 Å². The molecule has 160 valence electrons. The molecule has 0 aliphatic carbocycles. The molecule has 5 rings (SSSR count). The summed E-state index contributed by atoms with van der Waals surface area (Å²) in [5.41, 5.74) is 5.59. The van der Waals surface area contributed by atoms with Crippen molar-refractivity contribution in [2.24, 2.45) is 0 Å². The van der Waals surface area contributed by atoms with Crippen molar-refractivity contribution in [3.63, 3.8) is 0 Å². The number of morpholine rings is 1. The van der Waals surface area contributed by atoms with E-state index >= 15 is 0 Å². The fraction of sp³-hybridized carbons (Fsp3) is 0.348. The van der Waals surface area contributed by atoms with Gasteiger partial charge in [-0.3, -0.25) is 4.90 Å². The summed E-state index contributed by atoms with van der Waals surface area (Å²) in [6.45, 7) is 8.13. The number of rotatable bonds is 6. The number of nitrogens with zero attached hydrogens (tertiary/aromatic N) is 4. The third-order valence-electron chi connectivity index (χ3n) is 5.91. The maximum Gasteiger partial charge on any atom is 0.178 e. The van der Waals surface area contributed by atoms with Crippen LogP contribution in [0.1, 0.15) is 18.1 Å². The van der Waals surface area contributed by atoms with Crippen LogP contribution in [0.3, 0.4) is 0 Å². The van der Waals surface area contributed by atoms with Gasteiger partial charge in [0.2, 0.25) is 0 Å². The molecule has 2 aromatic carbocycles. The lowest BCUT2D eigenvalue weighted by Crippen LogP contribution is -2.35. The van der Waals surface area contributed by atoms with Crippen molar-refractivity contribution in [1.82, 2.24) is 24.4 Å². The average Bonchev–Trinajstić information content (AvgIpc) is 3.11. The van der Waals surface area contributed by atoms with E-state index in [0.29, 0.717) is 6.54 Å². The van der Waals surface area contributed by atoms with Gasteiger partial charge in [0.25, 0.3) is 0 Å². The zero-order valence-electron chi connectivity index (χ0n) is 17.6. The minimum Gasteiger partial charge on any atom is -0.379 e. The highest BCUT2D eigenvalue weighted by atomic mass is 32.1. The summed E-state index contributed by atoms with van der Waals surface area (Å²) in [4.78, 5) is 14.8. The van der Waals surface area contributed by atoms with Crippen molar-refractivity contribution in [1.29, 1.82) is 0 Å². The predicted molar refractivity (Wildman–Crippen MR) is 126 cm³/mol. The fourth-order valence-corrected chi connectivity index (χ4v) is 4.56. The number of fused-ring (bicyclic) bond motifs is 2. The van der Waals surface area contributed by atoms with Crippen LogP contribution in [-0.2, 0) is 24.4 Å². The van der Waals surface area contributed by atoms with E-state index < -0.39 is 0 Å². The maximum atomic E-state index is 5.48. The van der Waals surface area contributed by atoms with E-state index in [1.165, 1.54) is 11.1 Å². The molecule has 1 fully saturated rings. The van der Waals surface area contributed by atoms with E-state index in [2.05, 4.69) is 73.1 Å². The van der Waals surface area contributed by atoms with Gasteiger partial charge in [0.15, 0.2) is 4.77 Å². The first-order chi connectivity index (χ1) is 15.2. The monoisotopic (exact) mass is 434 g/mol. The summed E-state index contributed by atoms with van der Waals surface area (Å²) in [5, 5.41) is 4.53. The van der Waals surface area contributed by atoms with E-state index in [-0.39, 0.29) is 0 Å². The molecular weight excluding hydrogens is 408 g/mol. The van der Waals surface area contributed by atoms with Crippen molar-refractivity contribution in [3.05, 3.63) is 58.6 Å². The van der Waals surface area contributed by atoms with Crippen LogP contribution in [0.15, 0.2) is 42.7 Å². The van der Waals surface area contributed by atoms with Crippen molar-refractivity contribution in [2.45, 2.75) is 26.6 Å². The van der Waals surface area contributed by atoms with Crippen molar-refractivity contribution < 1.29 is 4.74 Å². The summed E-state index contributed by atoms with van der Waals surface area (Å²) in [5.74, 6) is 0.830. The van der Waals surface area contributed by atoms with E-state index in [1.54, 1.807) is 6.33 Å². The maximum absolute atomic E-state index is 5.48. The van der Waals surface area contributed by atoms with Gasteiger partial charge in [0, 0.05) is 38.1 Å². The predicted octanol–water partition coefficient (Wildman–Crippen LogP) is 4.11. The SMILES string of the molecule is CCn1c(=S)[nH]c2cc3c(NCc4ccccc4CN4CCOCC4)ncnc3cc21. The number of aromatic nitrogens is 4. The first-order valence-electron chi connectivity index (χ1n) is 10.7. The smallest absolute Gasteiger partial charge is 0.178 e. The van der Waals surface area contributed by atoms with Gasteiger partial charge in [-0.1, -0.05) is 24.3 Å². The molecule has 0 unspecified atom stereocenters. The molecule has 0 amide bonds. The Balaban J connectivity index is 1.42. The molecule has 0 radical (unpaired) electrons. The Bertz CT molecular complexity index is 1270. The lowest BCUT2D eigenvalue weighted by Gasteiger charge is -2.27. The molecule has 0 saturated carbocycles. The Morgan fingerprint density at radius 2 is 1.94 bits per heavy atom. The second-order valence-electron chi connectivity index (χ2n) is 7.79.